The molecule has 0 saturated carbocycles. The molecule has 0 atom stereocenters. The summed E-state index contributed by atoms with van der Waals surface area (Å²) in [5.41, 5.74) is 6.16. The molecule has 9 heteroatoms. The van der Waals surface area contributed by atoms with Gasteiger partial charge in [-0.2, -0.15) is 8.42 Å². The molecule has 3 aromatic rings. The van der Waals surface area contributed by atoms with E-state index < -0.39 is 32.3 Å². The number of rotatable bonds is 3. The number of anilines is 3. The number of fused-ring (bicyclic) bond motifs is 2. The molecule has 1 aliphatic rings. The summed E-state index contributed by atoms with van der Waals surface area (Å²) in [6.45, 7) is 0. The van der Waals surface area contributed by atoms with Crippen LogP contribution < -0.4 is 11.1 Å². The van der Waals surface area contributed by atoms with Crippen LogP contribution in [0.5, 0.6) is 0 Å². The van der Waals surface area contributed by atoms with Gasteiger partial charge < -0.3 is 11.1 Å². The summed E-state index contributed by atoms with van der Waals surface area (Å²) >= 11 is 0. The van der Waals surface area contributed by atoms with Crippen molar-refractivity contribution in [1.82, 2.24) is 0 Å². The van der Waals surface area contributed by atoms with Crippen LogP contribution in [0.1, 0.15) is 31.8 Å². The third kappa shape index (κ3) is 3.61. The van der Waals surface area contributed by atoms with E-state index in [4.69, 9.17) is 5.73 Å². The zero-order valence-corrected chi connectivity index (χ0v) is 15.2. The van der Waals surface area contributed by atoms with Crippen molar-refractivity contribution in [2.24, 2.45) is 0 Å². The van der Waals surface area contributed by atoms with Crippen LogP contribution in [-0.2, 0) is 10.1 Å². The van der Waals surface area contributed by atoms with Gasteiger partial charge in [-0.05, 0) is 18.2 Å². The molecule has 0 radical (unpaired) electrons. The second kappa shape index (κ2) is 7.74. The van der Waals surface area contributed by atoms with Gasteiger partial charge in [0.15, 0.2) is 11.6 Å². The Morgan fingerprint density at radius 1 is 0.828 bits per heavy atom. The summed E-state index contributed by atoms with van der Waals surface area (Å²) in [5, 5.41) is 2.95. The average Bonchev–Trinajstić information content (AvgIpc) is 2.67. The fraction of sp³-hybridized carbons (Fsp3) is 0. The zero-order chi connectivity index (χ0) is 20.1. The molecule has 0 aromatic heterocycles. The molecule has 3 aromatic carbocycles. The fourth-order valence-electron chi connectivity index (χ4n) is 3.28. The number of hydrogen-bond donors (Lipinski definition) is 3. The summed E-state index contributed by atoms with van der Waals surface area (Å²) in [5.74, 6) is -1.04. The minimum absolute atomic E-state index is 0. The minimum atomic E-state index is -4.73. The molecule has 142 valence electrons. The number of para-hydroxylation sites is 1. The maximum atomic E-state index is 13.1. The van der Waals surface area contributed by atoms with Crippen molar-refractivity contribution in [3.63, 3.8) is 0 Å². The Balaban J connectivity index is 0.00000240. The van der Waals surface area contributed by atoms with E-state index in [0.717, 1.165) is 6.07 Å². The molecule has 0 spiro atoms. The molecule has 29 heavy (non-hydrogen) atoms. The number of ketones is 2. The van der Waals surface area contributed by atoms with Crippen molar-refractivity contribution in [2.75, 3.05) is 11.1 Å². The Labute approximate surface area is 189 Å². The van der Waals surface area contributed by atoms with Gasteiger partial charge in [-0.25, -0.2) is 0 Å². The molecule has 0 amide bonds. The molecular formula is C20H15N2NaO5S. The van der Waals surface area contributed by atoms with Crippen LogP contribution in [0, 0.1) is 0 Å². The van der Waals surface area contributed by atoms with E-state index in [1.807, 2.05) is 0 Å². The normalized spacial score (nSPS) is 12.6. The van der Waals surface area contributed by atoms with Crippen LogP contribution in [-0.4, -0.2) is 54.1 Å². The van der Waals surface area contributed by atoms with Crippen LogP contribution in [0.25, 0.3) is 0 Å². The van der Waals surface area contributed by atoms with E-state index in [1.54, 1.807) is 42.5 Å². The summed E-state index contributed by atoms with van der Waals surface area (Å²) in [7, 11) is -4.73. The van der Waals surface area contributed by atoms with E-state index in [9.17, 15) is 22.6 Å². The van der Waals surface area contributed by atoms with Crippen molar-refractivity contribution in [1.29, 1.82) is 0 Å². The van der Waals surface area contributed by atoms with Crippen LogP contribution in [0.2, 0.25) is 0 Å². The molecule has 1 aliphatic carbocycles. The third-order valence-corrected chi connectivity index (χ3v) is 5.42. The van der Waals surface area contributed by atoms with Crippen molar-refractivity contribution in [3.05, 3.63) is 82.9 Å². The topological polar surface area (TPSA) is 127 Å². The maximum absolute atomic E-state index is 13.1. The summed E-state index contributed by atoms with van der Waals surface area (Å²) < 4.78 is 33.2. The fourth-order valence-corrected chi connectivity index (χ4v) is 3.93. The standard InChI is InChI=1S/C20H14N2O5S.Na.H/c21-18-15(28(25,26)27)10-14(22-11-6-2-1-3-7-11)16-17(18)20(24)13-9-5-4-8-12(13)19(16)23;;/h1-10,22H,21H2,(H,25,26,27);;. The zero-order valence-electron chi connectivity index (χ0n) is 14.3. The van der Waals surface area contributed by atoms with Gasteiger partial charge >= 0.3 is 29.6 Å². The first-order valence-electron chi connectivity index (χ1n) is 8.23. The summed E-state index contributed by atoms with van der Waals surface area (Å²) in [4.78, 5) is 25.5. The second-order valence-corrected chi connectivity index (χ2v) is 7.65. The molecule has 0 fully saturated rings. The number of carbonyl (C=O) groups excluding carboxylic acids is 2. The monoisotopic (exact) mass is 418 g/mol. The first-order chi connectivity index (χ1) is 13.3. The van der Waals surface area contributed by atoms with Crippen LogP contribution >= 0.6 is 0 Å². The van der Waals surface area contributed by atoms with Crippen molar-refractivity contribution >= 4 is 68.3 Å². The predicted molar refractivity (Wildman–Crippen MR) is 111 cm³/mol. The van der Waals surface area contributed by atoms with E-state index >= 15 is 0 Å². The van der Waals surface area contributed by atoms with Crippen LogP contribution in [0.4, 0.5) is 17.1 Å². The van der Waals surface area contributed by atoms with Gasteiger partial charge in [0.1, 0.15) is 4.90 Å². The second-order valence-electron chi connectivity index (χ2n) is 6.26. The Hall–Kier alpha value is -2.49. The van der Waals surface area contributed by atoms with Crippen molar-refractivity contribution < 1.29 is 22.6 Å². The van der Waals surface area contributed by atoms with Crippen LogP contribution in [0.3, 0.4) is 0 Å². The average molecular weight is 418 g/mol. The number of nitrogens with two attached hydrogens (primary N) is 1. The summed E-state index contributed by atoms with van der Waals surface area (Å²) in [6, 6.07) is 16.0. The van der Waals surface area contributed by atoms with Crippen LogP contribution in [0.15, 0.2) is 65.6 Å². The summed E-state index contributed by atoms with van der Waals surface area (Å²) in [6.07, 6.45) is 0. The molecular weight excluding hydrogens is 403 g/mol. The van der Waals surface area contributed by atoms with E-state index in [0.29, 0.717) is 5.69 Å². The number of benzene rings is 3. The third-order valence-electron chi connectivity index (χ3n) is 4.53. The van der Waals surface area contributed by atoms with Gasteiger partial charge in [-0.1, -0.05) is 42.5 Å². The Bertz CT molecular complexity index is 1260. The number of nitrogen functional groups attached to an aromatic ring is 1. The first-order valence-corrected chi connectivity index (χ1v) is 9.67. The van der Waals surface area contributed by atoms with E-state index in [2.05, 4.69) is 5.32 Å². The Kier molecular flexibility index (Phi) is 5.66. The van der Waals surface area contributed by atoms with Gasteiger partial charge in [0.2, 0.25) is 0 Å². The van der Waals surface area contributed by atoms with Gasteiger partial charge in [0, 0.05) is 16.8 Å². The van der Waals surface area contributed by atoms with Crippen molar-refractivity contribution in [2.45, 2.75) is 4.90 Å². The molecule has 4 rings (SSSR count). The molecule has 0 unspecified atom stereocenters. The molecule has 0 saturated heterocycles. The number of carbonyl (C=O) groups is 2. The van der Waals surface area contributed by atoms with Gasteiger partial charge in [0.05, 0.1) is 22.5 Å². The Morgan fingerprint density at radius 3 is 1.90 bits per heavy atom. The molecule has 0 heterocycles. The van der Waals surface area contributed by atoms with Gasteiger partial charge in [-0.15, -0.1) is 0 Å². The molecule has 4 N–H and O–H groups in total. The first kappa shape index (κ1) is 21.2. The SMILES string of the molecule is Nc1c(S(=O)(=O)O)cc(Nc2ccccc2)c2c1C(=O)c1ccccc1C2=O.[NaH]. The quantitative estimate of drug-likeness (QED) is 0.265. The Morgan fingerprint density at radius 2 is 1.34 bits per heavy atom. The molecule has 0 bridgehead atoms. The molecule has 7 nitrogen and oxygen atoms in total. The van der Waals surface area contributed by atoms with E-state index in [-0.39, 0.29) is 57.5 Å². The number of hydrogen-bond acceptors (Lipinski definition) is 6. The molecule has 0 aliphatic heterocycles. The predicted octanol–water partition coefficient (Wildman–Crippen LogP) is 2.39. The van der Waals surface area contributed by atoms with Gasteiger partial charge in [0.25, 0.3) is 10.1 Å². The number of nitrogens with one attached hydrogen (secondary N) is 1. The van der Waals surface area contributed by atoms with Crippen molar-refractivity contribution in [3.8, 4) is 0 Å². The van der Waals surface area contributed by atoms with E-state index in [1.165, 1.54) is 12.1 Å². The van der Waals surface area contributed by atoms with Gasteiger partial charge in [-0.3, -0.25) is 14.1 Å².